The summed E-state index contributed by atoms with van der Waals surface area (Å²) in [7, 11) is 0. The van der Waals surface area contributed by atoms with Gasteiger partial charge in [0.15, 0.2) is 0 Å². The highest BCUT2D eigenvalue weighted by molar-refractivity contribution is 7.14. The minimum Gasteiger partial charge on any atom is -0.457 e. The molecular weight excluding hydrogens is 380 g/mol. The number of thiazole rings is 1. The Morgan fingerprint density at radius 2 is 1.79 bits per heavy atom. The molecule has 1 aromatic heterocycles. The third-order valence-electron chi connectivity index (χ3n) is 4.02. The third kappa shape index (κ3) is 4.86. The van der Waals surface area contributed by atoms with E-state index >= 15 is 0 Å². The van der Waals surface area contributed by atoms with E-state index in [4.69, 9.17) is 10.00 Å². The van der Waals surface area contributed by atoms with Crippen molar-refractivity contribution in [2.45, 2.75) is 0 Å². The lowest BCUT2D eigenvalue weighted by atomic mass is 10.2. The summed E-state index contributed by atoms with van der Waals surface area (Å²) in [6.07, 6.45) is 1.72. The molecule has 0 atom stereocenters. The Balaban J connectivity index is 1.39. The molecule has 6 heteroatoms. The van der Waals surface area contributed by atoms with Crippen LogP contribution in [0, 0.1) is 11.3 Å². The van der Waals surface area contributed by atoms with Crippen molar-refractivity contribution in [2.24, 2.45) is 5.10 Å². The molecule has 0 unspecified atom stereocenters. The molecule has 5 nitrogen and oxygen atoms in total. The SMILES string of the molecule is N#Cc1ccc(Oc2cccc(C=NNc3nc(-c4ccccc4)cs3)c2)cc1. The van der Waals surface area contributed by atoms with E-state index in [0.29, 0.717) is 17.1 Å². The predicted octanol–water partition coefficient (Wildman–Crippen LogP) is 5.92. The van der Waals surface area contributed by atoms with Crippen LogP contribution in [0.3, 0.4) is 0 Å². The van der Waals surface area contributed by atoms with Crippen molar-refractivity contribution in [1.29, 1.82) is 5.26 Å². The highest BCUT2D eigenvalue weighted by Crippen LogP contribution is 2.25. The zero-order valence-electron chi connectivity index (χ0n) is 15.3. The lowest BCUT2D eigenvalue weighted by molar-refractivity contribution is 0.482. The van der Waals surface area contributed by atoms with Crippen molar-refractivity contribution in [3.63, 3.8) is 0 Å². The lowest BCUT2D eigenvalue weighted by Crippen LogP contribution is -1.91. The number of aromatic nitrogens is 1. The van der Waals surface area contributed by atoms with Gasteiger partial charge in [0.05, 0.1) is 23.5 Å². The minimum atomic E-state index is 0.599. The Labute approximate surface area is 172 Å². The number of hydrazone groups is 1. The van der Waals surface area contributed by atoms with Crippen LogP contribution in [0.2, 0.25) is 0 Å². The van der Waals surface area contributed by atoms with E-state index < -0.39 is 0 Å². The van der Waals surface area contributed by atoms with Crippen LogP contribution in [0.25, 0.3) is 11.3 Å². The number of nitriles is 1. The predicted molar refractivity (Wildman–Crippen MR) is 116 cm³/mol. The summed E-state index contributed by atoms with van der Waals surface area (Å²) in [5, 5.41) is 15.9. The largest absolute Gasteiger partial charge is 0.457 e. The van der Waals surface area contributed by atoms with E-state index in [1.165, 1.54) is 11.3 Å². The van der Waals surface area contributed by atoms with E-state index in [-0.39, 0.29) is 0 Å². The van der Waals surface area contributed by atoms with Gasteiger partial charge in [-0.3, -0.25) is 5.43 Å². The van der Waals surface area contributed by atoms with Gasteiger partial charge < -0.3 is 4.74 Å². The van der Waals surface area contributed by atoms with Gasteiger partial charge >= 0.3 is 0 Å². The maximum atomic E-state index is 8.86. The van der Waals surface area contributed by atoms with Crippen molar-refractivity contribution >= 4 is 22.7 Å². The first-order chi connectivity index (χ1) is 14.3. The molecule has 1 N–H and O–H groups in total. The molecule has 0 radical (unpaired) electrons. The van der Waals surface area contributed by atoms with E-state index in [1.807, 2.05) is 60.0 Å². The van der Waals surface area contributed by atoms with Gasteiger partial charge in [0, 0.05) is 10.9 Å². The maximum absolute atomic E-state index is 8.86. The highest BCUT2D eigenvalue weighted by Gasteiger charge is 2.03. The molecule has 0 amide bonds. The van der Waals surface area contributed by atoms with Crippen molar-refractivity contribution in [1.82, 2.24) is 4.98 Å². The van der Waals surface area contributed by atoms with Crippen molar-refractivity contribution in [3.8, 4) is 28.8 Å². The van der Waals surface area contributed by atoms with Gasteiger partial charge in [-0.05, 0) is 42.0 Å². The second-order valence-corrected chi connectivity index (χ2v) is 6.94. The van der Waals surface area contributed by atoms with Gasteiger partial charge in [0.25, 0.3) is 0 Å². The van der Waals surface area contributed by atoms with Crippen LogP contribution in [0.5, 0.6) is 11.5 Å². The molecule has 4 rings (SSSR count). The fourth-order valence-corrected chi connectivity index (χ4v) is 3.29. The van der Waals surface area contributed by atoms with Gasteiger partial charge in [-0.25, -0.2) is 4.98 Å². The molecule has 140 valence electrons. The quantitative estimate of drug-likeness (QED) is 0.324. The molecule has 4 aromatic rings. The normalized spacial score (nSPS) is 10.6. The van der Waals surface area contributed by atoms with Gasteiger partial charge in [-0.1, -0.05) is 42.5 Å². The van der Waals surface area contributed by atoms with E-state index in [1.54, 1.807) is 30.5 Å². The topological polar surface area (TPSA) is 70.3 Å². The summed E-state index contributed by atoms with van der Waals surface area (Å²) in [6, 6.07) is 26.7. The monoisotopic (exact) mass is 396 g/mol. The van der Waals surface area contributed by atoms with E-state index in [2.05, 4.69) is 21.6 Å². The molecule has 0 bridgehead atoms. The van der Waals surface area contributed by atoms with Crippen molar-refractivity contribution < 1.29 is 4.74 Å². The minimum absolute atomic E-state index is 0.599. The molecule has 0 aliphatic heterocycles. The smallest absolute Gasteiger partial charge is 0.203 e. The van der Waals surface area contributed by atoms with E-state index in [9.17, 15) is 0 Å². The Hall–Kier alpha value is -3.95. The summed E-state index contributed by atoms with van der Waals surface area (Å²) >= 11 is 1.50. The van der Waals surface area contributed by atoms with Crippen LogP contribution >= 0.6 is 11.3 Å². The molecule has 0 saturated carbocycles. The maximum Gasteiger partial charge on any atom is 0.203 e. The molecular formula is C23H16N4OS. The number of hydrogen-bond acceptors (Lipinski definition) is 6. The van der Waals surface area contributed by atoms with Crippen LogP contribution in [0.4, 0.5) is 5.13 Å². The summed E-state index contributed by atoms with van der Waals surface area (Å²) < 4.78 is 5.83. The molecule has 0 fully saturated rings. The number of anilines is 1. The summed E-state index contributed by atoms with van der Waals surface area (Å²) in [6.45, 7) is 0. The number of benzene rings is 3. The van der Waals surface area contributed by atoms with E-state index in [0.717, 1.165) is 22.0 Å². The zero-order valence-corrected chi connectivity index (χ0v) is 16.1. The zero-order chi connectivity index (χ0) is 19.9. The van der Waals surface area contributed by atoms with Crippen LogP contribution in [0.1, 0.15) is 11.1 Å². The fourth-order valence-electron chi connectivity index (χ4n) is 2.62. The Morgan fingerprint density at radius 3 is 2.59 bits per heavy atom. The molecule has 0 aliphatic rings. The first-order valence-corrected chi connectivity index (χ1v) is 9.76. The number of rotatable bonds is 6. The van der Waals surface area contributed by atoms with Gasteiger partial charge in [0.2, 0.25) is 5.13 Å². The molecule has 29 heavy (non-hydrogen) atoms. The molecule has 1 heterocycles. The molecule has 3 aromatic carbocycles. The second kappa shape index (κ2) is 8.83. The number of nitrogens with zero attached hydrogens (tertiary/aromatic N) is 3. The second-order valence-electron chi connectivity index (χ2n) is 6.08. The highest BCUT2D eigenvalue weighted by atomic mass is 32.1. The van der Waals surface area contributed by atoms with Crippen molar-refractivity contribution in [2.75, 3.05) is 5.43 Å². The fraction of sp³-hybridized carbons (Fsp3) is 0. The third-order valence-corrected chi connectivity index (χ3v) is 4.77. The number of ether oxygens (including phenoxy) is 1. The summed E-state index contributed by atoms with van der Waals surface area (Å²) in [5.41, 5.74) is 6.46. The van der Waals surface area contributed by atoms with Crippen molar-refractivity contribution in [3.05, 3.63) is 95.4 Å². The standard InChI is InChI=1S/C23H16N4OS/c24-14-17-9-11-20(12-10-17)28-21-8-4-5-18(13-21)15-25-27-23-26-22(16-29-23)19-6-2-1-3-7-19/h1-13,15-16H,(H,26,27). The number of hydrogen-bond donors (Lipinski definition) is 1. The Kier molecular flexibility index (Phi) is 5.60. The number of nitrogens with one attached hydrogen (secondary N) is 1. The van der Waals surface area contributed by atoms with Crippen LogP contribution in [0.15, 0.2) is 89.3 Å². The lowest BCUT2D eigenvalue weighted by Gasteiger charge is -2.06. The molecule has 0 aliphatic carbocycles. The van der Waals surface area contributed by atoms with Crippen LogP contribution in [-0.4, -0.2) is 11.2 Å². The molecule has 0 saturated heterocycles. The van der Waals surface area contributed by atoms with Crippen LogP contribution < -0.4 is 10.2 Å². The van der Waals surface area contributed by atoms with Gasteiger partial charge in [-0.2, -0.15) is 10.4 Å². The first-order valence-electron chi connectivity index (χ1n) is 8.88. The Morgan fingerprint density at radius 1 is 0.966 bits per heavy atom. The first kappa shape index (κ1) is 18.4. The van der Waals surface area contributed by atoms with Crippen LogP contribution in [-0.2, 0) is 0 Å². The average Bonchev–Trinajstić information content (AvgIpc) is 3.24. The summed E-state index contributed by atoms with van der Waals surface area (Å²) in [4.78, 5) is 4.55. The van der Waals surface area contributed by atoms with Gasteiger partial charge in [-0.15, -0.1) is 11.3 Å². The average molecular weight is 396 g/mol. The summed E-state index contributed by atoms with van der Waals surface area (Å²) in [5.74, 6) is 1.37. The van der Waals surface area contributed by atoms with Gasteiger partial charge in [0.1, 0.15) is 11.5 Å². The Bertz CT molecular complexity index is 1160. The molecule has 0 spiro atoms.